The van der Waals surface area contributed by atoms with E-state index in [0.29, 0.717) is 66.7 Å². The largest absolute Gasteiger partial charge is 0.437 e. The van der Waals surface area contributed by atoms with Crippen LogP contribution >= 0.6 is 43.5 Å². The van der Waals surface area contributed by atoms with Gasteiger partial charge in [-0.1, -0.05) is 56.6 Å². The molecule has 2 saturated heterocycles. The van der Waals surface area contributed by atoms with Crippen molar-refractivity contribution in [1.29, 1.82) is 10.5 Å². The van der Waals surface area contributed by atoms with E-state index in [-0.39, 0.29) is 41.4 Å². The fourth-order valence-corrected chi connectivity index (χ4v) is 8.36. The number of benzene rings is 4. The van der Waals surface area contributed by atoms with Crippen molar-refractivity contribution in [3.05, 3.63) is 143 Å². The molecule has 0 saturated carbocycles. The minimum atomic E-state index is -0.379. The zero-order valence-electron chi connectivity index (χ0n) is 44.5. The number of nitrogens with two attached hydrogens (primary N) is 1. The Balaban J connectivity index is 0.000000230. The van der Waals surface area contributed by atoms with E-state index in [1.807, 2.05) is 27.7 Å². The summed E-state index contributed by atoms with van der Waals surface area (Å²) in [6.07, 6.45) is 5.55. The molecule has 78 heavy (non-hydrogen) atoms. The highest BCUT2D eigenvalue weighted by molar-refractivity contribution is 9.11. The lowest BCUT2D eigenvalue weighted by Crippen LogP contribution is -2.25. The van der Waals surface area contributed by atoms with Crippen molar-refractivity contribution in [3.63, 3.8) is 0 Å². The molecular weight excluding hydrogens is 1150 g/mol. The van der Waals surface area contributed by atoms with E-state index >= 15 is 0 Å². The van der Waals surface area contributed by atoms with Crippen LogP contribution in [-0.4, -0.2) is 70.3 Å². The SMILES string of the molecule is CCN(CC)CC.NOC1CCCCO1.[C-]#[N+]c1ccc(Nc2nc(Cl)c(Br)c(Oc3c(C)cc(C#N)cc3C)n2)cc1.[C-]#[N+]c1ccc(Nc2nc(NOC3CCCCO3)c(Br)c(Oc3c(C)cc(C#N)cc3C)n2)cc1. The van der Waals surface area contributed by atoms with E-state index in [4.69, 9.17) is 59.7 Å². The molecule has 2 aliphatic rings. The predicted octanol–water partition coefficient (Wildman–Crippen LogP) is 14.9. The number of nitrogens with zero attached hydrogens (tertiary/aromatic N) is 9. The summed E-state index contributed by atoms with van der Waals surface area (Å²) in [4.78, 5) is 37.0. The first-order chi connectivity index (χ1) is 37.6. The maximum Gasteiger partial charge on any atom is 0.240 e. The highest BCUT2D eigenvalue weighted by Crippen LogP contribution is 2.39. The van der Waals surface area contributed by atoms with E-state index < -0.39 is 0 Å². The number of nitriles is 2. The normalized spacial score (nSPS) is 14.4. The van der Waals surface area contributed by atoms with Gasteiger partial charge in [-0.15, -0.1) is 0 Å². The van der Waals surface area contributed by atoms with Gasteiger partial charge in [0, 0.05) is 37.4 Å². The van der Waals surface area contributed by atoms with Crippen LogP contribution in [0.25, 0.3) is 9.69 Å². The molecule has 4 heterocycles. The maximum absolute atomic E-state index is 9.25. The first-order valence-corrected chi connectivity index (χ1v) is 27.0. The Morgan fingerprint density at radius 1 is 0.667 bits per heavy atom. The average molecular weight is 1210 g/mol. The van der Waals surface area contributed by atoms with Gasteiger partial charge in [0.05, 0.1) is 36.4 Å². The highest BCUT2D eigenvalue weighted by Gasteiger charge is 2.21. The van der Waals surface area contributed by atoms with Crippen LogP contribution in [0, 0.1) is 63.5 Å². The van der Waals surface area contributed by atoms with Gasteiger partial charge in [0.15, 0.2) is 34.9 Å². The number of hydrogen-bond donors (Lipinski definition) is 4. The number of aryl methyl sites for hydroxylation is 4. The first kappa shape index (κ1) is 61.9. The van der Waals surface area contributed by atoms with Gasteiger partial charge in [0.2, 0.25) is 23.7 Å². The molecule has 0 aliphatic carbocycles. The van der Waals surface area contributed by atoms with Crippen LogP contribution in [0.4, 0.5) is 40.5 Å². The van der Waals surface area contributed by atoms with Crippen molar-refractivity contribution in [3.8, 4) is 35.4 Å². The molecule has 408 valence electrons. The Bertz CT molecular complexity index is 3040. The van der Waals surface area contributed by atoms with Crippen molar-refractivity contribution in [2.24, 2.45) is 5.90 Å². The summed E-state index contributed by atoms with van der Waals surface area (Å²) < 4.78 is 23.8. The number of hydrogen-bond acceptors (Lipinski definition) is 17. The summed E-state index contributed by atoms with van der Waals surface area (Å²) in [5.74, 6) is 7.45. The van der Waals surface area contributed by atoms with E-state index in [2.05, 4.69) is 120 Å². The van der Waals surface area contributed by atoms with Crippen LogP contribution in [0.15, 0.2) is 81.7 Å². The molecule has 0 amide bonds. The molecule has 5 N–H and O–H groups in total. The Morgan fingerprint density at radius 3 is 1.45 bits per heavy atom. The van der Waals surface area contributed by atoms with Crippen molar-refractivity contribution >= 4 is 83.9 Å². The molecule has 2 aliphatic heterocycles. The minimum absolute atomic E-state index is 0.135. The predicted molar refractivity (Wildman–Crippen MR) is 308 cm³/mol. The van der Waals surface area contributed by atoms with Gasteiger partial charge in [0.25, 0.3) is 0 Å². The summed E-state index contributed by atoms with van der Waals surface area (Å²) >= 11 is 13.1. The number of rotatable bonds is 15. The highest BCUT2D eigenvalue weighted by atomic mass is 79.9. The quantitative estimate of drug-likeness (QED) is 0.0426. The number of anilines is 5. The summed E-state index contributed by atoms with van der Waals surface area (Å²) in [6.45, 7) is 33.2. The van der Waals surface area contributed by atoms with Crippen LogP contribution in [0.3, 0.4) is 0 Å². The second-order valence-electron chi connectivity index (χ2n) is 17.4. The molecule has 2 atom stereocenters. The molecule has 0 radical (unpaired) electrons. The average Bonchev–Trinajstić information content (AvgIpc) is 3.49. The second kappa shape index (κ2) is 32.0. The standard InChI is InChI=1S/C25H23BrN6O3.C20H13BrClN5O.C6H15N.C5H11NO2/c1-15-12-17(14-27)13-16(2)22(15)34-24-21(26)23(32-35-20-6-4-5-11-33-20)30-25(31-24)29-19-9-7-18(28-3)8-10-19;1-11-8-13(10-23)9-12(2)17(11)28-19-16(21)18(22)26-20(27-19)25-15-6-4-14(24-3)5-7-15;1-4-7(5-2)6-3;6-8-5-3-1-2-4-7-5/h7-10,12-13,20H,4-6,11H2,1-2H3,(H2,29,30,31,32);4-9H,1-2H3,(H,25,26,27);4-6H2,1-3H3;5H,1-4,6H2. The molecule has 0 spiro atoms. The third kappa shape index (κ3) is 18.9. The zero-order valence-corrected chi connectivity index (χ0v) is 48.5. The van der Waals surface area contributed by atoms with Crippen molar-refractivity contribution in [1.82, 2.24) is 24.8 Å². The lowest BCUT2D eigenvalue weighted by atomic mass is 10.1. The topological polar surface area (TPSA) is 229 Å². The molecular formula is C56H62Br2ClN13O6. The molecule has 2 unspecified atom stereocenters. The molecule has 4 aromatic carbocycles. The number of ether oxygens (including phenoxy) is 4. The number of nitrogens with one attached hydrogen (secondary N) is 3. The fraction of sp³-hybridized carbons (Fsp3) is 0.357. The summed E-state index contributed by atoms with van der Waals surface area (Å²) in [5.41, 5.74) is 9.71. The van der Waals surface area contributed by atoms with Crippen LogP contribution in [-0.2, 0) is 19.1 Å². The van der Waals surface area contributed by atoms with Crippen molar-refractivity contribution in [2.45, 2.75) is 99.6 Å². The minimum Gasteiger partial charge on any atom is -0.437 e. The van der Waals surface area contributed by atoms with Gasteiger partial charge < -0.3 is 34.5 Å². The van der Waals surface area contributed by atoms with Crippen molar-refractivity contribution in [2.75, 3.05) is 49.0 Å². The Labute approximate surface area is 478 Å². The summed E-state index contributed by atoms with van der Waals surface area (Å²) in [5, 5.41) is 24.7. The van der Waals surface area contributed by atoms with Crippen molar-refractivity contribution < 1.29 is 28.6 Å². The molecule has 2 fully saturated rings. The Kier molecular flexibility index (Phi) is 25.4. The fourth-order valence-electron chi connectivity index (χ4n) is 7.60. The van der Waals surface area contributed by atoms with E-state index in [1.165, 1.54) is 26.1 Å². The zero-order chi connectivity index (χ0) is 56.6. The molecule has 0 bridgehead atoms. The molecule has 2 aromatic heterocycles. The summed E-state index contributed by atoms with van der Waals surface area (Å²) in [7, 11) is 0. The number of halogens is 3. The first-order valence-electron chi connectivity index (χ1n) is 25.1. The van der Waals surface area contributed by atoms with E-state index in [1.54, 1.807) is 72.8 Å². The third-order valence-electron chi connectivity index (χ3n) is 11.7. The third-order valence-corrected chi connectivity index (χ3v) is 13.7. The molecule has 19 nitrogen and oxygen atoms in total. The van der Waals surface area contributed by atoms with Gasteiger partial charge >= 0.3 is 0 Å². The lowest BCUT2D eigenvalue weighted by Gasteiger charge is -2.23. The molecule has 6 aromatic rings. The lowest BCUT2D eigenvalue weighted by molar-refractivity contribution is -0.164. The van der Waals surface area contributed by atoms with Crippen LogP contribution < -0.4 is 31.5 Å². The molecule has 22 heteroatoms. The van der Waals surface area contributed by atoms with Gasteiger partial charge in [-0.3, -0.25) is 4.84 Å². The van der Waals surface area contributed by atoms with Gasteiger partial charge in [-0.2, -0.15) is 30.5 Å². The monoisotopic (exact) mass is 1210 g/mol. The van der Waals surface area contributed by atoms with Gasteiger partial charge in [-0.25, -0.2) is 25.9 Å². The summed E-state index contributed by atoms with van der Waals surface area (Å²) in [6, 6.07) is 25.1. The van der Waals surface area contributed by atoms with Gasteiger partial charge in [-0.05, 0) is 176 Å². The maximum atomic E-state index is 9.25. The molecule has 8 rings (SSSR count). The second-order valence-corrected chi connectivity index (χ2v) is 19.4. The Hall–Kier alpha value is -6.99. The van der Waals surface area contributed by atoms with Crippen LogP contribution in [0.1, 0.15) is 92.7 Å². The van der Waals surface area contributed by atoms with Crippen LogP contribution in [0.5, 0.6) is 23.3 Å². The van der Waals surface area contributed by atoms with E-state index in [0.717, 1.165) is 61.0 Å². The van der Waals surface area contributed by atoms with Gasteiger partial charge in [0.1, 0.15) is 20.4 Å². The number of aromatic nitrogens is 4. The van der Waals surface area contributed by atoms with Crippen LogP contribution in [0.2, 0.25) is 5.15 Å². The Morgan fingerprint density at radius 2 is 1.09 bits per heavy atom. The smallest absolute Gasteiger partial charge is 0.240 e. The van der Waals surface area contributed by atoms with E-state index in [9.17, 15) is 5.26 Å².